The predicted octanol–water partition coefficient (Wildman–Crippen LogP) is 12.0. The molecule has 55 heavy (non-hydrogen) atoms. The zero-order chi connectivity index (χ0) is 39.7. The summed E-state index contributed by atoms with van der Waals surface area (Å²) in [7, 11) is 0. The standard InChI is InChI=1S/C47H78N2O6/c1-6-7-8-9-10-11-12-13-14-15-16-17-18-19-20-24-30-47(31-25-21-26-32-47)44(53)49-39-28-23-22-27-36(39)38(34-40(50)51)41-37(29-33-48-41)42(52)43-45(2,3)35-54-46(4,5)55-43/h13-14,29,33,36,38-39,43,48H,6-12,15-28,30-32,34-35H2,1-5H3,(H,49,53)(H,50,51). The Labute approximate surface area is 334 Å². The van der Waals surface area contributed by atoms with E-state index in [0.717, 1.165) is 64.2 Å². The monoisotopic (exact) mass is 767 g/mol. The van der Waals surface area contributed by atoms with Gasteiger partial charge in [-0.3, -0.25) is 14.4 Å². The Kier molecular flexibility index (Phi) is 18.5. The maximum atomic E-state index is 14.4. The number of ether oxygens (including phenoxy) is 2. The van der Waals surface area contributed by atoms with Gasteiger partial charge in [-0.15, -0.1) is 0 Å². The molecule has 312 valence electrons. The second-order valence-electron chi connectivity index (χ2n) is 18.6. The van der Waals surface area contributed by atoms with Crippen molar-refractivity contribution in [1.82, 2.24) is 10.3 Å². The molecular formula is C47H78N2O6. The van der Waals surface area contributed by atoms with Crippen molar-refractivity contribution in [2.75, 3.05) is 6.61 Å². The largest absolute Gasteiger partial charge is 0.481 e. The highest BCUT2D eigenvalue weighted by Crippen LogP contribution is 2.45. The molecule has 3 fully saturated rings. The van der Waals surface area contributed by atoms with Gasteiger partial charge < -0.3 is 24.9 Å². The molecule has 2 heterocycles. The molecule has 1 aromatic rings. The Morgan fingerprint density at radius 2 is 1.47 bits per heavy atom. The molecule has 4 unspecified atom stereocenters. The van der Waals surface area contributed by atoms with Crippen LogP contribution in [0.4, 0.5) is 0 Å². The quantitative estimate of drug-likeness (QED) is 0.0548. The van der Waals surface area contributed by atoms with Crippen molar-refractivity contribution >= 4 is 17.7 Å². The van der Waals surface area contributed by atoms with Gasteiger partial charge in [0, 0.05) is 40.2 Å². The predicted molar refractivity (Wildman–Crippen MR) is 222 cm³/mol. The van der Waals surface area contributed by atoms with E-state index in [1.165, 1.54) is 89.9 Å². The molecule has 2 aliphatic carbocycles. The number of hydrogen-bond donors (Lipinski definition) is 3. The van der Waals surface area contributed by atoms with Crippen LogP contribution < -0.4 is 5.32 Å². The number of aliphatic carboxylic acids is 1. The van der Waals surface area contributed by atoms with Gasteiger partial charge in [0.1, 0.15) is 6.10 Å². The lowest BCUT2D eigenvalue weighted by Crippen LogP contribution is -2.54. The fourth-order valence-electron chi connectivity index (χ4n) is 9.69. The number of aromatic nitrogens is 1. The highest BCUT2D eigenvalue weighted by Gasteiger charge is 2.48. The summed E-state index contributed by atoms with van der Waals surface area (Å²) in [5.41, 5.74) is 0.249. The molecule has 0 bridgehead atoms. The summed E-state index contributed by atoms with van der Waals surface area (Å²) in [5, 5.41) is 13.8. The van der Waals surface area contributed by atoms with E-state index in [0.29, 0.717) is 17.9 Å². The third-order valence-corrected chi connectivity index (χ3v) is 13.1. The zero-order valence-corrected chi connectivity index (χ0v) is 35.5. The number of unbranched alkanes of at least 4 members (excludes halogenated alkanes) is 12. The van der Waals surface area contributed by atoms with Gasteiger partial charge in [0.2, 0.25) is 5.91 Å². The second-order valence-corrected chi connectivity index (χ2v) is 18.6. The van der Waals surface area contributed by atoms with E-state index in [4.69, 9.17) is 9.47 Å². The summed E-state index contributed by atoms with van der Waals surface area (Å²) in [4.78, 5) is 44.4. The maximum absolute atomic E-state index is 14.4. The first-order chi connectivity index (χ1) is 26.4. The number of ketones is 1. The van der Waals surface area contributed by atoms with Crippen LogP contribution in [-0.2, 0) is 19.1 Å². The molecule has 1 amide bonds. The summed E-state index contributed by atoms with van der Waals surface area (Å²) < 4.78 is 12.1. The molecule has 1 saturated heterocycles. The summed E-state index contributed by atoms with van der Waals surface area (Å²) in [6.07, 6.45) is 33.3. The van der Waals surface area contributed by atoms with Gasteiger partial charge >= 0.3 is 5.97 Å². The zero-order valence-electron chi connectivity index (χ0n) is 35.5. The number of Topliss-reactive ketones (excluding diaryl/α,β-unsaturated/α-hetero) is 1. The van der Waals surface area contributed by atoms with Gasteiger partial charge in [-0.05, 0) is 83.6 Å². The van der Waals surface area contributed by atoms with E-state index in [9.17, 15) is 19.5 Å². The lowest BCUT2D eigenvalue weighted by Gasteiger charge is -2.45. The number of carbonyl (C=O) groups excluding carboxylic acids is 2. The molecule has 8 nitrogen and oxygen atoms in total. The SMILES string of the molecule is CCCCCCCCC=CCCCCCCCCC1(C(=O)NC2CCCCC2C(CC(=O)O)c2[nH]ccc2C(=O)C2OC(C)(C)OCC2(C)C)CCCCC1. The van der Waals surface area contributed by atoms with Crippen LogP contribution in [0.1, 0.15) is 217 Å². The molecule has 0 aromatic carbocycles. The normalized spacial score (nSPS) is 24.1. The van der Waals surface area contributed by atoms with Crippen molar-refractivity contribution in [2.24, 2.45) is 16.7 Å². The molecular weight excluding hydrogens is 689 g/mol. The number of nitrogens with one attached hydrogen (secondary N) is 2. The number of aromatic amines is 1. The van der Waals surface area contributed by atoms with Crippen molar-refractivity contribution in [3.63, 3.8) is 0 Å². The molecule has 1 aromatic heterocycles. The number of carbonyl (C=O) groups is 3. The van der Waals surface area contributed by atoms with Crippen LogP contribution in [0.25, 0.3) is 0 Å². The molecule has 2 saturated carbocycles. The van der Waals surface area contributed by atoms with Crippen molar-refractivity contribution in [1.29, 1.82) is 0 Å². The third kappa shape index (κ3) is 13.9. The molecule has 0 radical (unpaired) electrons. The van der Waals surface area contributed by atoms with Crippen LogP contribution in [0.3, 0.4) is 0 Å². The Morgan fingerprint density at radius 3 is 2.13 bits per heavy atom. The van der Waals surface area contributed by atoms with E-state index in [1.807, 2.05) is 27.7 Å². The third-order valence-electron chi connectivity index (χ3n) is 13.1. The lowest BCUT2D eigenvalue weighted by atomic mass is 9.68. The Balaban J connectivity index is 1.33. The molecule has 3 N–H and O–H groups in total. The van der Waals surface area contributed by atoms with Crippen LogP contribution in [0.2, 0.25) is 0 Å². The minimum Gasteiger partial charge on any atom is -0.481 e. The van der Waals surface area contributed by atoms with Crippen LogP contribution in [0.5, 0.6) is 0 Å². The van der Waals surface area contributed by atoms with E-state index in [1.54, 1.807) is 12.3 Å². The number of carboxylic acid groups (broad SMARTS) is 1. The van der Waals surface area contributed by atoms with Crippen molar-refractivity contribution in [2.45, 2.75) is 219 Å². The van der Waals surface area contributed by atoms with Crippen LogP contribution in [0, 0.1) is 16.7 Å². The first-order valence-electron chi connectivity index (χ1n) is 22.6. The van der Waals surface area contributed by atoms with Crippen LogP contribution in [0.15, 0.2) is 24.4 Å². The fraction of sp³-hybridized carbons (Fsp3) is 0.809. The van der Waals surface area contributed by atoms with Crippen molar-refractivity contribution < 1.29 is 29.0 Å². The van der Waals surface area contributed by atoms with Crippen LogP contribution in [-0.4, -0.2) is 52.3 Å². The summed E-state index contributed by atoms with van der Waals surface area (Å²) in [5.74, 6) is -2.31. The summed E-state index contributed by atoms with van der Waals surface area (Å²) >= 11 is 0. The average Bonchev–Trinajstić information content (AvgIpc) is 3.65. The minimum atomic E-state index is -0.902. The fourth-order valence-corrected chi connectivity index (χ4v) is 9.69. The minimum absolute atomic E-state index is 0.0925. The Hall–Kier alpha value is -2.45. The van der Waals surface area contributed by atoms with Gasteiger partial charge in [0.05, 0.1) is 13.0 Å². The van der Waals surface area contributed by atoms with Gasteiger partial charge in [-0.1, -0.05) is 129 Å². The van der Waals surface area contributed by atoms with Gasteiger partial charge in [-0.25, -0.2) is 0 Å². The van der Waals surface area contributed by atoms with Crippen LogP contribution >= 0.6 is 0 Å². The van der Waals surface area contributed by atoms with E-state index >= 15 is 0 Å². The Morgan fingerprint density at radius 1 is 0.855 bits per heavy atom. The number of amides is 1. The number of rotatable bonds is 24. The highest BCUT2D eigenvalue weighted by molar-refractivity contribution is 6.01. The second kappa shape index (κ2) is 22.5. The number of allylic oxidation sites excluding steroid dienone is 2. The first-order valence-corrected chi connectivity index (χ1v) is 22.6. The van der Waals surface area contributed by atoms with E-state index in [2.05, 4.69) is 29.4 Å². The lowest BCUT2D eigenvalue weighted by molar-refractivity contribution is -0.298. The molecule has 3 aliphatic rings. The molecule has 0 spiro atoms. The summed E-state index contributed by atoms with van der Waals surface area (Å²) in [6.45, 7) is 10.2. The first kappa shape index (κ1) is 45.3. The van der Waals surface area contributed by atoms with Gasteiger partial charge in [-0.2, -0.15) is 0 Å². The smallest absolute Gasteiger partial charge is 0.304 e. The molecule has 4 rings (SSSR count). The molecule has 4 atom stereocenters. The number of carboxylic acids is 1. The maximum Gasteiger partial charge on any atom is 0.304 e. The highest BCUT2D eigenvalue weighted by atomic mass is 16.7. The van der Waals surface area contributed by atoms with Crippen molar-refractivity contribution in [3.8, 4) is 0 Å². The van der Waals surface area contributed by atoms with Gasteiger partial charge in [0.25, 0.3) is 0 Å². The van der Waals surface area contributed by atoms with E-state index < -0.39 is 29.2 Å². The molecule has 1 aliphatic heterocycles. The van der Waals surface area contributed by atoms with Gasteiger partial charge in [0.15, 0.2) is 11.6 Å². The van der Waals surface area contributed by atoms with Crippen molar-refractivity contribution in [3.05, 3.63) is 35.7 Å². The summed E-state index contributed by atoms with van der Waals surface area (Å²) in [6, 6.07) is 1.64. The number of hydrogen-bond acceptors (Lipinski definition) is 5. The topological polar surface area (TPSA) is 118 Å². The number of H-pyrrole nitrogens is 1. The molecule has 8 heteroatoms. The average molecular weight is 767 g/mol. The van der Waals surface area contributed by atoms with E-state index in [-0.39, 0.29) is 35.5 Å². The Bertz CT molecular complexity index is 1340.